The second kappa shape index (κ2) is 24.8. The number of hydrogen-bond acceptors (Lipinski definition) is 11. The van der Waals surface area contributed by atoms with Gasteiger partial charge in [-0.3, -0.25) is 24.2 Å². The third-order valence-corrected chi connectivity index (χ3v) is 15.2. The molecule has 6 atom stereocenters. The van der Waals surface area contributed by atoms with E-state index in [1.807, 2.05) is 99.0 Å². The molecule has 3 amide bonds. The highest BCUT2D eigenvalue weighted by atomic mass is 35.5. The number of ether oxygens (including phenoxy) is 3. The van der Waals surface area contributed by atoms with E-state index in [1.165, 1.54) is 7.11 Å². The Balaban J connectivity index is 1.19. The number of carbonyl (C=O) groups is 3. The largest absolute Gasteiger partial charge is 0.457 e. The number of nitrogens with zero attached hydrogens (tertiary/aromatic N) is 7. The van der Waals surface area contributed by atoms with E-state index in [-0.39, 0.29) is 50.3 Å². The minimum atomic E-state index is -1.25. The Labute approximate surface area is 439 Å². The van der Waals surface area contributed by atoms with Crippen molar-refractivity contribution in [3.63, 3.8) is 0 Å². The first kappa shape index (κ1) is 53.9. The van der Waals surface area contributed by atoms with Gasteiger partial charge in [0.2, 0.25) is 17.7 Å². The number of aromatic nitrogens is 2. The Morgan fingerprint density at radius 3 is 2.36 bits per heavy atom. The van der Waals surface area contributed by atoms with Crippen LogP contribution in [-0.2, 0) is 56.8 Å². The number of halogens is 2. The molecule has 17 heteroatoms. The number of benzene rings is 4. The van der Waals surface area contributed by atoms with E-state index in [4.69, 9.17) is 37.4 Å². The number of nitrogens with one attached hydrogen (secondary N) is 1. The van der Waals surface area contributed by atoms with Crippen molar-refractivity contribution in [3.8, 4) is 22.8 Å². The van der Waals surface area contributed by atoms with Crippen molar-refractivity contribution >= 4 is 40.9 Å². The average molecular weight is 1040 g/mol. The van der Waals surface area contributed by atoms with E-state index >= 15 is 14.4 Å². The van der Waals surface area contributed by atoms with Crippen molar-refractivity contribution in [3.05, 3.63) is 135 Å². The molecule has 2 aliphatic heterocycles. The van der Waals surface area contributed by atoms with Crippen molar-refractivity contribution < 1.29 is 33.7 Å². The number of methoxy groups -OCH3 is 1. The van der Waals surface area contributed by atoms with E-state index in [9.17, 15) is 5.11 Å². The summed E-state index contributed by atoms with van der Waals surface area (Å²) in [5, 5.41) is 16.5. The highest BCUT2D eigenvalue weighted by Crippen LogP contribution is 2.42. The summed E-state index contributed by atoms with van der Waals surface area (Å²) >= 11 is 13.0. The van der Waals surface area contributed by atoms with Crippen LogP contribution in [0.1, 0.15) is 53.3 Å². The summed E-state index contributed by atoms with van der Waals surface area (Å²) in [6, 6.07) is 26.3. The van der Waals surface area contributed by atoms with Crippen LogP contribution >= 0.6 is 23.2 Å². The number of imidazole rings is 1. The van der Waals surface area contributed by atoms with Crippen molar-refractivity contribution in [1.82, 2.24) is 39.4 Å². The normalized spacial score (nSPS) is 22.9. The fourth-order valence-electron chi connectivity index (χ4n) is 10.6. The molecule has 2 saturated heterocycles. The van der Waals surface area contributed by atoms with Gasteiger partial charge in [0.05, 0.1) is 56.8 Å². The molecule has 2 N–H and O–H groups in total. The smallest absolute Gasteiger partial charge is 0.243 e. The minimum Gasteiger partial charge on any atom is -0.457 e. The fraction of sp³-hybridized carbons (Fsp3) is 0.464. The van der Waals surface area contributed by atoms with Crippen LogP contribution in [0.3, 0.4) is 0 Å². The molecule has 0 radical (unpaired) electrons. The molecule has 73 heavy (non-hydrogen) atoms. The number of aliphatic hydroxyl groups excluding tert-OH is 1. The third kappa shape index (κ3) is 13.3. The van der Waals surface area contributed by atoms with Crippen molar-refractivity contribution in [1.29, 1.82) is 0 Å². The van der Waals surface area contributed by atoms with Gasteiger partial charge in [0.25, 0.3) is 0 Å². The third-order valence-electron chi connectivity index (χ3n) is 14.8. The second-order valence-electron chi connectivity index (χ2n) is 20.0. The van der Waals surface area contributed by atoms with E-state index < -0.39 is 36.2 Å². The molecule has 0 bridgehead atoms. The van der Waals surface area contributed by atoms with Crippen LogP contribution in [0, 0.1) is 5.92 Å². The van der Waals surface area contributed by atoms with Gasteiger partial charge in [-0.1, -0.05) is 65.7 Å². The maximum atomic E-state index is 15.8. The first-order valence-corrected chi connectivity index (χ1v) is 26.0. The predicted octanol–water partition coefficient (Wildman–Crippen LogP) is 6.87. The van der Waals surface area contributed by atoms with Gasteiger partial charge in [-0.05, 0) is 118 Å². The molecule has 8 rings (SSSR count). The van der Waals surface area contributed by atoms with E-state index in [1.54, 1.807) is 36.0 Å². The summed E-state index contributed by atoms with van der Waals surface area (Å²) in [5.41, 5.74) is 5.70. The maximum absolute atomic E-state index is 15.8. The molecular formula is C56H70Cl2N8O7. The number of rotatable bonds is 15. The molecule has 0 spiro atoms. The lowest BCUT2D eigenvalue weighted by Crippen LogP contribution is -2.61. The lowest BCUT2D eigenvalue weighted by molar-refractivity contribution is -0.148. The summed E-state index contributed by atoms with van der Waals surface area (Å²) in [5.74, 6) is -0.119. The predicted molar refractivity (Wildman–Crippen MR) is 284 cm³/mol. The SMILES string of the molecule is COC[C@@H]1NC(=O)[C@H](CCN2CCOCC2)N(Cc2ccc(Cl)cc2Oc2ccc(-c3cnc(CN(C)C)n3C)cc2)C(=O)C[C@@H]([C@H]2CCc3ccccc32)C(=O)N(C)C[C@@H](Cc2ccc(Cl)cc2)N(C)C1O. The van der Waals surface area contributed by atoms with Crippen molar-refractivity contribution in [2.45, 2.75) is 75.5 Å². The van der Waals surface area contributed by atoms with Gasteiger partial charge in [-0.25, -0.2) is 4.98 Å². The molecule has 0 saturated carbocycles. The van der Waals surface area contributed by atoms with Crippen LogP contribution in [0.4, 0.5) is 0 Å². The molecule has 1 unspecified atom stereocenters. The Morgan fingerprint density at radius 1 is 0.904 bits per heavy atom. The number of morpholine rings is 1. The monoisotopic (exact) mass is 1040 g/mol. The highest BCUT2D eigenvalue weighted by Gasteiger charge is 2.42. The molecular weight excluding hydrogens is 968 g/mol. The zero-order valence-electron chi connectivity index (χ0n) is 42.9. The first-order chi connectivity index (χ1) is 35.2. The fourth-order valence-corrected chi connectivity index (χ4v) is 10.9. The molecule has 3 aliphatic rings. The van der Waals surface area contributed by atoms with Gasteiger partial charge in [0, 0.05) is 81.0 Å². The summed E-state index contributed by atoms with van der Waals surface area (Å²) < 4.78 is 20.1. The Kier molecular flexibility index (Phi) is 18.3. The Bertz CT molecular complexity index is 2660. The van der Waals surface area contributed by atoms with Gasteiger partial charge in [-0.15, -0.1) is 0 Å². The van der Waals surface area contributed by atoms with Gasteiger partial charge in [-0.2, -0.15) is 0 Å². The summed E-state index contributed by atoms with van der Waals surface area (Å²) in [6.45, 7) is 3.77. The lowest BCUT2D eigenvalue weighted by Gasteiger charge is -2.41. The molecule has 3 heterocycles. The van der Waals surface area contributed by atoms with Gasteiger partial charge >= 0.3 is 0 Å². The van der Waals surface area contributed by atoms with Crippen LogP contribution in [0.5, 0.6) is 11.5 Å². The van der Waals surface area contributed by atoms with Crippen LogP contribution in [0.2, 0.25) is 10.0 Å². The summed E-state index contributed by atoms with van der Waals surface area (Å²) in [7, 11) is 11.1. The topological polar surface area (TPSA) is 145 Å². The van der Waals surface area contributed by atoms with Gasteiger partial charge < -0.3 is 43.9 Å². The molecule has 5 aromatic rings. The van der Waals surface area contributed by atoms with Gasteiger partial charge in [0.1, 0.15) is 29.6 Å². The Hall–Kier alpha value is -5.36. The minimum absolute atomic E-state index is 0.0290. The molecule has 1 aromatic heterocycles. The quantitative estimate of drug-likeness (QED) is 0.113. The van der Waals surface area contributed by atoms with E-state index in [0.717, 1.165) is 40.2 Å². The van der Waals surface area contributed by atoms with Crippen LogP contribution in [0.25, 0.3) is 11.3 Å². The number of hydrogen-bond donors (Lipinski definition) is 2. The van der Waals surface area contributed by atoms with Crippen molar-refractivity contribution in [2.24, 2.45) is 13.0 Å². The lowest BCUT2D eigenvalue weighted by atomic mass is 9.83. The van der Waals surface area contributed by atoms with E-state index in [0.29, 0.717) is 79.3 Å². The number of likely N-dealkylation sites (N-methyl/N-ethyl adjacent to an activating group) is 2. The number of amides is 3. The number of carbonyl (C=O) groups excluding carboxylic acids is 3. The van der Waals surface area contributed by atoms with Crippen LogP contribution < -0.4 is 10.1 Å². The Morgan fingerprint density at radius 2 is 1.63 bits per heavy atom. The van der Waals surface area contributed by atoms with E-state index in [2.05, 4.69) is 36.8 Å². The zero-order chi connectivity index (χ0) is 51.8. The standard InChI is InChI=1S/C56H70Cl2N8O7/c1-61(2)35-52-59-32-50(64(52)5)39-14-20-44(21-15-39)73-51-30-42(58)19-13-40(51)33-66-49(23-24-65-25-27-72-28-26-65)54(68)60-48(36-71-6)56(70)63(4)43(29-37-11-17-41(57)18-12-37)34-62(3)55(69)47(31-53(66)67)46-22-16-38-9-7-8-10-45(38)46/h7-15,17-21,30,32,43,46-49,56,70H,16,22-29,31,33-36H2,1-6H3,(H,60,68)/t43-,46+,47+,48+,49+,56?/m1/s1. The molecule has 15 nitrogen and oxygen atoms in total. The molecule has 2 fully saturated rings. The maximum Gasteiger partial charge on any atom is 0.243 e. The van der Waals surface area contributed by atoms with Crippen LogP contribution in [0.15, 0.2) is 97.2 Å². The average Bonchev–Trinajstić information content (AvgIpc) is 3.98. The summed E-state index contributed by atoms with van der Waals surface area (Å²) in [4.78, 5) is 60.5. The molecule has 390 valence electrons. The number of aliphatic hydroxyl groups is 1. The highest BCUT2D eigenvalue weighted by molar-refractivity contribution is 6.31. The summed E-state index contributed by atoms with van der Waals surface area (Å²) in [6.07, 6.45) is 2.64. The molecule has 1 aliphatic carbocycles. The zero-order valence-corrected chi connectivity index (χ0v) is 44.4. The van der Waals surface area contributed by atoms with Gasteiger partial charge in [0.15, 0.2) is 0 Å². The second-order valence-corrected chi connectivity index (χ2v) is 20.9. The first-order valence-electron chi connectivity index (χ1n) is 25.3. The van der Waals surface area contributed by atoms with Crippen LogP contribution in [-0.4, -0.2) is 163 Å². The van der Waals surface area contributed by atoms with Crippen molar-refractivity contribution in [2.75, 3.05) is 81.3 Å². The molecule has 4 aromatic carbocycles. The number of aryl methyl sites for hydroxylation is 1. The number of fused-ring (bicyclic) bond motifs is 1.